The summed E-state index contributed by atoms with van der Waals surface area (Å²) in [6, 6.07) is 8.38. The summed E-state index contributed by atoms with van der Waals surface area (Å²) < 4.78 is 13.3. The summed E-state index contributed by atoms with van der Waals surface area (Å²) in [5.74, 6) is 2.12. The Kier molecular flexibility index (Phi) is 5.08. The summed E-state index contributed by atoms with van der Waals surface area (Å²) in [4.78, 5) is 13.1. The Morgan fingerprint density at radius 1 is 1.06 bits per heavy atom. The summed E-state index contributed by atoms with van der Waals surface area (Å²) in [6.07, 6.45) is 10.7. The van der Waals surface area contributed by atoms with E-state index in [0.29, 0.717) is 17.2 Å². The van der Waals surface area contributed by atoms with E-state index in [1.54, 1.807) is 0 Å². The SMILES string of the molecule is O=[S@@]1c2c(nc(N3CC4(CCC(c5ccc(Cl)cc5)CC4)C3)nc2NC2(CO)CCC2)CC12CC2. The molecule has 8 heteroatoms. The van der Waals surface area contributed by atoms with Crippen LogP contribution in [0.5, 0.6) is 0 Å². The van der Waals surface area contributed by atoms with Crippen LogP contribution in [0.3, 0.4) is 0 Å². The summed E-state index contributed by atoms with van der Waals surface area (Å²) >= 11 is 6.08. The van der Waals surface area contributed by atoms with E-state index in [1.165, 1.54) is 31.2 Å². The number of aliphatic hydroxyl groups excluding tert-OH is 1. The van der Waals surface area contributed by atoms with Gasteiger partial charge in [-0.25, -0.2) is 4.98 Å². The van der Waals surface area contributed by atoms with Gasteiger partial charge in [-0.1, -0.05) is 23.7 Å². The number of nitrogens with one attached hydrogen (secondary N) is 1. The molecule has 1 atom stereocenters. The van der Waals surface area contributed by atoms with Gasteiger partial charge in [0.15, 0.2) is 0 Å². The van der Waals surface area contributed by atoms with Crippen molar-refractivity contribution in [1.29, 1.82) is 0 Å². The normalized spacial score (nSPS) is 27.4. The van der Waals surface area contributed by atoms with Gasteiger partial charge in [0.1, 0.15) is 10.7 Å². The maximum absolute atomic E-state index is 13.4. The molecular formula is C27H33ClN4O2S. The third-order valence-electron chi connectivity index (χ3n) is 9.52. The smallest absolute Gasteiger partial charge is 0.227 e. The molecule has 0 amide bonds. The molecule has 3 heterocycles. The van der Waals surface area contributed by atoms with Crippen LogP contribution >= 0.6 is 11.6 Å². The highest BCUT2D eigenvalue weighted by Gasteiger charge is 2.56. The standard InChI is InChI=1S/C27H33ClN4O2S/c28-20-4-2-18(3-5-20)19-6-10-25(11-7-19)15-32(16-25)24-29-21-14-27(12-13-27)35(34)22(21)23(30-24)31-26(17-33)8-1-9-26/h2-5,19,33H,1,6-17H2,(H,29,30,31)/t35-/m1/s1. The van der Waals surface area contributed by atoms with E-state index < -0.39 is 10.8 Å². The van der Waals surface area contributed by atoms with Crippen LogP contribution < -0.4 is 10.2 Å². The van der Waals surface area contributed by atoms with Crippen molar-refractivity contribution in [3.8, 4) is 0 Å². The molecule has 3 aliphatic carbocycles. The fourth-order valence-corrected chi connectivity index (χ4v) is 8.71. The third-order valence-corrected chi connectivity index (χ3v) is 11.9. The van der Waals surface area contributed by atoms with Crippen molar-refractivity contribution >= 4 is 34.2 Å². The quantitative estimate of drug-likeness (QED) is 0.598. The molecule has 2 N–H and O–H groups in total. The first-order valence-corrected chi connectivity index (χ1v) is 14.7. The number of nitrogens with zero attached hydrogens (tertiary/aromatic N) is 3. The second-order valence-electron chi connectivity index (χ2n) is 11.9. The minimum Gasteiger partial charge on any atom is -0.394 e. The first kappa shape index (κ1) is 22.5. The second-order valence-corrected chi connectivity index (χ2v) is 14.1. The molecule has 1 saturated heterocycles. The number of halogens is 1. The summed E-state index contributed by atoms with van der Waals surface area (Å²) in [5, 5.41) is 14.4. The van der Waals surface area contributed by atoms with E-state index in [1.807, 2.05) is 12.1 Å². The number of rotatable bonds is 5. The van der Waals surface area contributed by atoms with Gasteiger partial charge in [0.25, 0.3) is 0 Å². The van der Waals surface area contributed by atoms with Crippen molar-refractivity contribution in [2.75, 3.05) is 29.9 Å². The molecule has 0 radical (unpaired) electrons. The van der Waals surface area contributed by atoms with Gasteiger partial charge in [0, 0.05) is 29.9 Å². The highest BCUT2D eigenvalue weighted by Crippen LogP contribution is 2.55. The molecule has 186 valence electrons. The van der Waals surface area contributed by atoms with Crippen molar-refractivity contribution in [3.63, 3.8) is 0 Å². The van der Waals surface area contributed by atoms with Crippen LogP contribution in [0.4, 0.5) is 11.8 Å². The number of benzene rings is 1. The van der Waals surface area contributed by atoms with E-state index in [-0.39, 0.29) is 16.9 Å². The Bertz CT molecular complexity index is 1170. The van der Waals surface area contributed by atoms with Gasteiger partial charge < -0.3 is 15.3 Å². The number of fused-ring (bicyclic) bond motifs is 1. The lowest BCUT2D eigenvalue weighted by molar-refractivity contribution is 0.126. The van der Waals surface area contributed by atoms with Crippen LogP contribution in [0.1, 0.15) is 75.0 Å². The van der Waals surface area contributed by atoms with E-state index in [9.17, 15) is 9.32 Å². The molecule has 4 fully saturated rings. The number of hydrogen-bond donors (Lipinski definition) is 2. The molecule has 6 nitrogen and oxygen atoms in total. The van der Waals surface area contributed by atoms with Gasteiger partial charge in [-0.3, -0.25) is 4.21 Å². The van der Waals surface area contributed by atoms with Gasteiger partial charge in [0.2, 0.25) is 5.95 Å². The highest BCUT2D eigenvalue weighted by molar-refractivity contribution is 7.87. The minimum atomic E-state index is -1.06. The van der Waals surface area contributed by atoms with Gasteiger partial charge >= 0.3 is 0 Å². The Balaban J connectivity index is 1.09. The van der Waals surface area contributed by atoms with Crippen LogP contribution in [0, 0.1) is 5.41 Å². The minimum absolute atomic E-state index is 0.0838. The van der Waals surface area contributed by atoms with E-state index in [4.69, 9.17) is 21.6 Å². The van der Waals surface area contributed by atoms with Crippen molar-refractivity contribution in [2.45, 2.75) is 85.3 Å². The van der Waals surface area contributed by atoms with E-state index in [0.717, 1.165) is 73.2 Å². The van der Waals surface area contributed by atoms with Crippen LogP contribution in [0.25, 0.3) is 0 Å². The predicted octanol–water partition coefficient (Wildman–Crippen LogP) is 4.82. The van der Waals surface area contributed by atoms with Crippen LogP contribution in [0.15, 0.2) is 29.2 Å². The molecule has 7 rings (SSSR count). The van der Waals surface area contributed by atoms with Crippen molar-refractivity contribution in [1.82, 2.24) is 9.97 Å². The molecule has 35 heavy (non-hydrogen) atoms. The average Bonchev–Trinajstić information content (AvgIpc) is 3.54. The molecule has 2 aromatic rings. The number of anilines is 2. The van der Waals surface area contributed by atoms with Crippen molar-refractivity contribution in [2.24, 2.45) is 5.41 Å². The fraction of sp³-hybridized carbons (Fsp3) is 0.630. The maximum atomic E-state index is 13.4. The molecule has 2 spiro atoms. The Hall–Kier alpha value is -1.70. The number of aliphatic hydroxyl groups is 1. The number of hydrogen-bond acceptors (Lipinski definition) is 6. The summed E-state index contributed by atoms with van der Waals surface area (Å²) in [5.41, 5.74) is 2.42. The fourth-order valence-electron chi connectivity index (χ4n) is 6.81. The molecule has 1 aromatic carbocycles. The lowest BCUT2D eigenvalue weighted by Crippen LogP contribution is -2.58. The predicted molar refractivity (Wildman–Crippen MR) is 139 cm³/mol. The highest BCUT2D eigenvalue weighted by atomic mass is 35.5. The van der Waals surface area contributed by atoms with Crippen molar-refractivity contribution in [3.05, 3.63) is 40.5 Å². The molecule has 0 bridgehead atoms. The molecular weight excluding hydrogens is 480 g/mol. The van der Waals surface area contributed by atoms with E-state index in [2.05, 4.69) is 22.3 Å². The van der Waals surface area contributed by atoms with Crippen LogP contribution in [-0.2, 0) is 17.2 Å². The maximum Gasteiger partial charge on any atom is 0.227 e. The molecule has 0 unspecified atom stereocenters. The van der Waals surface area contributed by atoms with Gasteiger partial charge in [-0.2, -0.15) is 4.98 Å². The zero-order chi connectivity index (χ0) is 23.8. The largest absolute Gasteiger partial charge is 0.394 e. The first-order chi connectivity index (χ1) is 16.9. The van der Waals surface area contributed by atoms with Gasteiger partial charge in [0.05, 0.1) is 33.4 Å². The molecule has 1 aromatic heterocycles. The average molecular weight is 513 g/mol. The zero-order valence-electron chi connectivity index (χ0n) is 20.1. The summed E-state index contributed by atoms with van der Waals surface area (Å²) in [7, 11) is -1.06. The lowest BCUT2D eigenvalue weighted by atomic mass is 9.65. The number of aromatic nitrogens is 2. The topological polar surface area (TPSA) is 78.4 Å². The zero-order valence-corrected chi connectivity index (χ0v) is 21.6. The van der Waals surface area contributed by atoms with Crippen LogP contribution in [0.2, 0.25) is 5.02 Å². The van der Waals surface area contributed by atoms with E-state index >= 15 is 0 Å². The molecule has 5 aliphatic rings. The van der Waals surface area contributed by atoms with Crippen LogP contribution in [-0.4, -0.2) is 49.3 Å². The molecule has 2 aliphatic heterocycles. The van der Waals surface area contributed by atoms with Gasteiger partial charge in [-0.05, 0) is 81.4 Å². The second kappa shape index (κ2) is 7.90. The Morgan fingerprint density at radius 3 is 2.37 bits per heavy atom. The summed E-state index contributed by atoms with van der Waals surface area (Å²) in [6.45, 7) is 2.08. The lowest BCUT2D eigenvalue weighted by Gasteiger charge is -2.53. The Morgan fingerprint density at radius 2 is 1.77 bits per heavy atom. The Labute approximate surface area is 214 Å². The van der Waals surface area contributed by atoms with Gasteiger partial charge in [-0.15, -0.1) is 0 Å². The monoisotopic (exact) mass is 512 g/mol. The molecule has 3 saturated carbocycles. The van der Waals surface area contributed by atoms with Crippen molar-refractivity contribution < 1.29 is 9.32 Å². The first-order valence-electron chi connectivity index (χ1n) is 13.1. The third kappa shape index (κ3) is 3.64.